The van der Waals surface area contributed by atoms with Gasteiger partial charge in [-0.3, -0.25) is 0 Å². The molecule has 2 heterocycles. The number of hydrogen-bond acceptors (Lipinski definition) is 3. The lowest BCUT2D eigenvalue weighted by molar-refractivity contribution is 0.373. The topological polar surface area (TPSA) is 27.3 Å². The normalized spacial score (nSPS) is 20.1. The zero-order valence-electron chi connectivity index (χ0n) is 13.9. The average molecular weight is 309 g/mol. The fraction of sp³-hybridized carbons (Fsp3) is 0.500. The summed E-state index contributed by atoms with van der Waals surface area (Å²) in [5.74, 6) is 0.838. The molecule has 3 heteroatoms. The van der Waals surface area contributed by atoms with Gasteiger partial charge in [0.25, 0.3) is 0 Å². The number of benzene rings is 2. The van der Waals surface area contributed by atoms with E-state index >= 15 is 0 Å². The van der Waals surface area contributed by atoms with E-state index in [-0.39, 0.29) is 0 Å². The summed E-state index contributed by atoms with van der Waals surface area (Å²) in [5.41, 5.74) is 2.95. The van der Waals surface area contributed by atoms with Crippen molar-refractivity contribution >= 4 is 16.5 Å². The van der Waals surface area contributed by atoms with Crippen LogP contribution >= 0.6 is 0 Å². The van der Waals surface area contributed by atoms with Crippen LogP contribution in [0.1, 0.15) is 18.4 Å². The molecule has 0 unspecified atom stereocenters. The van der Waals surface area contributed by atoms with Gasteiger partial charge < -0.3 is 15.5 Å². The van der Waals surface area contributed by atoms with Crippen molar-refractivity contribution in [3.63, 3.8) is 0 Å². The molecule has 2 aliphatic heterocycles. The van der Waals surface area contributed by atoms with Gasteiger partial charge >= 0.3 is 0 Å². The quantitative estimate of drug-likeness (QED) is 0.913. The Hall–Kier alpha value is -1.58. The molecule has 0 radical (unpaired) electrons. The van der Waals surface area contributed by atoms with Gasteiger partial charge in [0.2, 0.25) is 0 Å². The molecule has 2 N–H and O–H groups in total. The second kappa shape index (κ2) is 6.90. The van der Waals surface area contributed by atoms with Crippen LogP contribution in [0.2, 0.25) is 0 Å². The smallest absolute Gasteiger partial charge is 0.0446 e. The molecule has 0 spiro atoms. The monoisotopic (exact) mass is 309 g/mol. The summed E-state index contributed by atoms with van der Waals surface area (Å²) in [6.45, 7) is 6.76. The first kappa shape index (κ1) is 15.0. The van der Waals surface area contributed by atoms with Crippen LogP contribution in [0.3, 0.4) is 0 Å². The standard InChI is InChI=1S/C20H27N3/c1-2-4-19-18(3-1)17(15-16-7-9-21-10-8-16)5-6-20(19)23-13-11-22-12-14-23/h1-6,16,21-22H,7-15H2. The molecule has 4 rings (SSSR count). The number of nitrogens with zero attached hydrogens (tertiary/aromatic N) is 1. The fourth-order valence-corrected chi connectivity index (χ4v) is 4.10. The highest BCUT2D eigenvalue weighted by molar-refractivity contribution is 5.96. The summed E-state index contributed by atoms with van der Waals surface area (Å²) in [4.78, 5) is 2.53. The number of hydrogen-bond donors (Lipinski definition) is 2. The van der Waals surface area contributed by atoms with Gasteiger partial charge in [-0.25, -0.2) is 0 Å². The van der Waals surface area contributed by atoms with Crippen LogP contribution in [0.15, 0.2) is 36.4 Å². The number of rotatable bonds is 3. The minimum Gasteiger partial charge on any atom is -0.368 e. The molecule has 2 aliphatic rings. The van der Waals surface area contributed by atoms with Crippen molar-refractivity contribution in [1.29, 1.82) is 0 Å². The summed E-state index contributed by atoms with van der Waals surface area (Å²) in [7, 11) is 0. The SMILES string of the molecule is c1ccc2c(N3CCNCC3)ccc(CC3CCNCC3)c2c1. The maximum absolute atomic E-state index is 3.48. The van der Waals surface area contributed by atoms with Gasteiger partial charge in [0, 0.05) is 37.3 Å². The molecule has 0 bridgehead atoms. The predicted molar refractivity (Wildman–Crippen MR) is 98.3 cm³/mol. The Balaban J connectivity index is 1.67. The van der Waals surface area contributed by atoms with E-state index in [4.69, 9.17) is 0 Å². The van der Waals surface area contributed by atoms with Crippen LogP contribution in [-0.2, 0) is 6.42 Å². The largest absolute Gasteiger partial charge is 0.368 e. The molecule has 122 valence electrons. The van der Waals surface area contributed by atoms with Crippen LogP contribution in [-0.4, -0.2) is 39.3 Å². The molecule has 3 nitrogen and oxygen atoms in total. The number of piperidine rings is 1. The van der Waals surface area contributed by atoms with Gasteiger partial charge in [0.1, 0.15) is 0 Å². The lowest BCUT2D eigenvalue weighted by Gasteiger charge is -2.31. The van der Waals surface area contributed by atoms with Crippen molar-refractivity contribution in [1.82, 2.24) is 10.6 Å². The van der Waals surface area contributed by atoms with Gasteiger partial charge in [0.15, 0.2) is 0 Å². The first-order chi connectivity index (χ1) is 11.4. The molecule has 0 amide bonds. The Kier molecular flexibility index (Phi) is 4.49. The highest BCUT2D eigenvalue weighted by Crippen LogP contribution is 2.32. The second-order valence-corrected chi connectivity index (χ2v) is 6.92. The summed E-state index contributed by atoms with van der Waals surface area (Å²) >= 11 is 0. The van der Waals surface area contributed by atoms with Gasteiger partial charge in [-0.2, -0.15) is 0 Å². The predicted octanol–water partition coefficient (Wildman–Crippen LogP) is 2.79. The molecule has 0 atom stereocenters. The Bertz CT molecular complexity index is 655. The summed E-state index contributed by atoms with van der Waals surface area (Å²) in [6, 6.07) is 13.8. The van der Waals surface area contributed by atoms with E-state index in [2.05, 4.69) is 51.9 Å². The molecule has 2 fully saturated rings. The Morgan fingerprint density at radius 1 is 0.826 bits per heavy atom. The molecular weight excluding hydrogens is 282 g/mol. The zero-order valence-corrected chi connectivity index (χ0v) is 13.9. The summed E-state index contributed by atoms with van der Waals surface area (Å²) < 4.78 is 0. The van der Waals surface area contributed by atoms with Gasteiger partial charge in [-0.05, 0) is 55.3 Å². The van der Waals surface area contributed by atoms with Crippen LogP contribution in [0, 0.1) is 5.92 Å². The first-order valence-corrected chi connectivity index (χ1v) is 9.09. The van der Waals surface area contributed by atoms with Crippen molar-refractivity contribution in [3.8, 4) is 0 Å². The molecule has 2 aromatic carbocycles. The molecule has 0 saturated carbocycles. The highest BCUT2D eigenvalue weighted by atomic mass is 15.2. The van der Waals surface area contributed by atoms with Gasteiger partial charge in [-0.15, -0.1) is 0 Å². The molecule has 0 aromatic heterocycles. The molecular formula is C20H27N3. The number of anilines is 1. The number of nitrogens with one attached hydrogen (secondary N) is 2. The third-order valence-electron chi connectivity index (χ3n) is 5.42. The minimum atomic E-state index is 0.838. The van der Waals surface area contributed by atoms with E-state index in [1.807, 2.05) is 0 Å². The highest BCUT2D eigenvalue weighted by Gasteiger charge is 2.17. The average Bonchev–Trinajstić information content (AvgIpc) is 2.64. The van der Waals surface area contributed by atoms with Crippen LogP contribution in [0.4, 0.5) is 5.69 Å². The maximum atomic E-state index is 3.48. The zero-order chi connectivity index (χ0) is 15.5. The number of piperazine rings is 1. The first-order valence-electron chi connectivity index (χ1n) is 9.09. The van der Waals surface area contributed by atoms with E-state index in [9.17, 15) is 0 Å². The fourth-order valence-electron chi connectivity index (χ4n) is 4.10. The molecule has 23 heavy (non-hydrogen) atoms. The second-order valence-electron chi connectivity index (χ2n) is 6.92. The van der Waals surface area contributed by atoms with Gasteiger partial charge in [-0.1, -0.05) is 30.3 Å². The summed E-state index contributed by atoms with van der Waals surface area (Å²) in [6.07, 6.45) is 3.85. The van der Waals surface area contributed by atoms with E-state index in [1.54, 1.807) is 0 Å². The third kappa shape index (κ3) is 3.22. The Labute approximate surface area is 139 Å². The van der Waals surface area contributed by atoms with Gasteiger partial charge in [0.05, 0.1) is 0 Å². The van der Waals surface area contributed by atoms with Crippen molar-refractivity contribution in [3.05, 3.63) is 42.0 Å². The van der Waals surface area contributed by atoms with E-state index in [1.165, 1.54) is 54.4 Å². The lowest BCUT2D eigenvalue weighted by atomic mass is 9.88. The van der Waals surface area contributed by atoms with Crippen LogP contribution < -0.4 is 15.5 Å². The molecule has 0 aliphatic carbocycles. The molecule has 2 aromatic rings. The summed E-state index contributed by atoms with van der Waals surface area (Å²) in [5, 5.41) is 9.82. The van der Waals surface area contributed by atoms with E-state index in [0.717, 1.165) is 32.1 Å². The van der Waals surface area contributed by atoms with Crippen molar-refractivity contribution in [2.24, 2.45) is 5.92 Å². The lowest BCUT2D eigenvalue weighted by Crippen LogP contribution is -2.43. The molecule has 2 saturated heterocycles. The Morgan fingerprint density at radius 3 is 2.30 bits per heavy atom. The Morgan fingerprint density at radius 2 is 1.52 bits per heavy atom. The third-order valence-corrected chi connectivity index (χ3v) is 5.42. The minimum absolute atomic E-state index is 0.838. The van der Waals surface area contributed by atoms with Crippen molar-refractivity contribution < 1.29 is 0 Å². The van der Waals surface area contributed by atoms with Crippen LogP contribution in [0.5, 0.6) is 0 Å². The van der Waals surface area contributed by atoms with E-state index in [0.29, 0.717) is 0 Å². The van der Waals surface area contributed by atoms with Crippen molar-refractivity contribution in [2.75, 3.05) is 44.2 Å². The number of fused-ring (bicyclic) bond motifs is 1. The van der Waals surface area contributed by atoms with Crippen LogP contribution in [0.25, 0.3) is 10.8 Å². The van der Waals surface area contributed by atoms with E-state index < -0.39 is 0 Å². The maximum Gasteiger partial charge on any atom is 0.0446 e. The van der Waals surface area contributed by atoms with Crippen molar-refractivity contribution in [2.45, 2.75) is 19.3 Å².